The molecule has 0 saturated heterocycles. The largest absolute Gasteiger partial charge is 0.452 e. The van der Waals surface area contributed by atoms with Crippen molar-refractivity contribution in [1.82, 2.24) is 0 Å². The molecule has 1 aromatic heterocycles. The predicted octanol–water partition coefficient (Wildman–Crippen LogP) is 5.64. The van der Waals surface area contributed by atoms with Crippen LogP contribution in [0.4, 0.5) is 4.39 Å². The van der Waals surface area contributed by atoms with Crippen molar-refractivity contribution in [3.8, 4) is 0 Å². The van der Waals surface area contributed by atoms with Crippen molar-refractivity contribution in [1.29, 1.82) is 0 Å². The van der Waals surface area contributed by atoms with E-state index < -0.39 is 11.6 Å². The fourth-order valence-corrected chi connectivity index (χ4v) is 2.89. The lowest BCUT2D eigenvalue weighted by Gasteiger charge is -2.01. The van der Waals surface area contributed by atoms with Crippen LogP contribution in [0.1, 0.15) is 21.7 Å². The number of rotatable bonds is 2. The first-order chi connectivity index (χ1) is 9.97. The minimum absolute atomic E-state index is 0.000535. The molecule has 0 unspecified atom stereocenters. The Hall–Kier alpha value is -1.46. The van der Waals surface area contributed by atoms with Gasteiger partial charge in [-0.3, -0.25) is 4.79 Å². The molecule has 0 aliphatic heterocycles. The zero-order valence-corrected chi connectivity index (χ0v) is 14.1. The van der Waals surface area contributed by atoms with Crippen LogP contribution in [0.15, 0.2) is 49.8 Å². The molecule has 0 bridgehead atoms. The van der Waals surface area contributed by atoms with Gasteiger partial charge in [0.1, 0.15) is 11.4 Å². The quantitative estimate of drug-likeness (QED) is 0.511. The molecule has 106 valence electrons. The summed E-state index contributed by atoms with van der Waals surface area (Å²) in [5.74, 6) is -0.857. The number of hydrogen-bond donors (Lipinski definition) is 0. The van der Waals surface area contributed by atoms with Crippen LogP contribution in [-0.4, -0.2) is 5.78 Å². The van der Waals surface area contributed by atoms with Crippen molar-refractivity contribution >= 4 is 48.6 Å². The van der Waals surface area contributed by atoms with Gasteiger partial charge in [-0.1, -0.05) is 31.9 Å². The second-order valence-electron chi connectivity index (χ2n) is 4.65. The molecular formula is C16H9Br2FO2. The van der Waals surface area contributed by atoms with Gasteiger partial charge < -0.3 is 4.42 Å². The molecule has 2 nitrogen and oxygen atoms in total. The van der Waals surface area contributed by atoms with Crippen LogP contribution in [0.25, 0.3) is 11.0 Å². The molecule has 0 amide bonds. The number of furan rings is 1. The Morgan fingerprint density at radius 3 is 2.48 bits per heavy atom. The second-order valence-corrected chi connectivity index (χ2v) is 6.48. The van der Waals surface area contributed by atoms with Gasteiger partial charge in [-0.05, 0) is 43.3 Å². The molecule has 3 aromatic rings. The summed E-state index contributed by atoms with van der Waals surface area (Å²) in [7, 11) is 0. The highest BCUT2D eigenvalue weighted by atomic mass is 79.9. The fraction of sp³-hybridized carbons (Fsp3) is 0.0625. The topological polar surface area (TPSA) is 30.2 Å². The average Bonchev–Trinajstić information content (AvgIpc) is 2.75. The molecule has 5 heteroatoms. The number of fused-ring (bicyclic) bond motifs is 1. The first-order valence-electron chi connectivity index (χ1n) is 6.16. The van der Waals surface area contributed by atoms with Gasteiger partial charge in [0.2, 0.25) is 5.78 Å². The highest BCUT2D eigenvalue weighted by Crippen LogP contribution is 2.30. The Morgan fingerprint density at radius 1 is 1.10 bits per heavy atom. The molecule has 0 fully saturated rings. The average molecular weight is 412 g/mol. The minimum atomic E-state index is -0.574. The Labute approximate surface area is 137 Å². The Morgan fingerprint density at radius 2 is 1.76 bits per heavy atom. The van der Waals surface area contributed by atoms with E-state index in [9.17, 15) is 9.18 Å². The molecular weight excluding hydrogens is 403 g/mol. The summed E-state index contributed by atoms with van der Waals surface area (Å²) >= 11 is 6.53. The van der Waals surface area contributed by atoms with Crippen LogP contribution < -0.4 is 0 Å². The summed E-state index contributed by atoms with van der Waals surface area (Å²) in [5, 5.41) is 0.846. The molecule has 0 aliphatic rings. The van der Waals surface area contributed by atoms with E-state index >= 15 is 0 Å². The van der Waals surface area contributed by atoms with Crippen molar-refractivity contribution in [3.63, 3.8) is 0 Å². The van der Waals surface area contributed by atoms with Crippen molar-refractivity contribution in [2.45, 2.75) is 6.92 Å². The Bertz CT molecular complexity index is 868. The highest BCUT2D eigenvalue weighted by molar-refractivity contribution is 9.10. The van der Waals surface area contributed by atoms with Crippen LogP contribution >= 0.6 is 31.9 Å². The first-order valence-corrected chi connectivity index (χ1v) is 7.74. The van der Waals surface area contributed by atoms with Crippen molar-refractivity contribution in [2.75, 3.05) is 0 Å². The van der Waals surface area contributed by atoms with E-state index in [2.05, 4.69) is 31.9 Å². The molecule has 1 heterocycles. The summed E-state index contributed by atoms with van der Waals surface area (Å²) in [6.07, 6.45) is 0. The SMILES string of the molecule is Cc1c(C(=O)c2ccc(Br)cc2F)oc2cc(Br)ccc12. The van der Waals surface area contributed by atoms with Gasteiger partial charge in [0.15, 0.2) is 5.76 Å². The number of carbonyl (C=O) groups excluding carboxylic acids is 1. The smallest absolute Gasteiger partial charge is 0.231 e. The van der Waals surface area contributed by atoms with E-state index in [4.69, 9.17) is 4.42 Å². The maximum atomic E-state index is 13.9. The lowest BCUT2D eigenvalue weighted by Crippen LogP contribution is -2.04. The summed E-state index contributed by atoms with van der Waals surface area (Å²) in [4.78, 5) is 12.5. The number of benzene rings is 2. The normalized spacial score (nSPS) is 11.0. The summed E-state index contributed by atoms with van der Waals surface area (Å²) in [6, 6.07) is 9.88. The van der Waals surface area contributed by atoms with E-state index in [1.165, 1.54) is 12.1 Å². The number of ketones is 1. The third kappa shape index (κ3) is 2.56. The maximum absolute atomic E-state index is 13.9. The van der Waals surface area contributed by atoms with Crippen LogP contribution in [-0.2, 0) is 0 Å². The Balaban J connectivity index is 2.15. The molecule has 0 radical (unpaired) electrons. The van der Waals surface area contributed by atoms with Crippen LogP contribution in [0.5, 0.6) is 0 Å². The van der Waals surface area contributed by atoms with Gasteiger partial charge >= 0.3 is 0 Å². The summed E-state index contributed by atoms with van der Waals surface area (Å²) in [6.45, 7) is 1.80. The fourth-order valence-electron chi connectivity index (χ4n) is 2.21. The van der Waals surface area contributed by atoms with E-state index in [0.717, 1.165) is 9.86 Å². The molecule has 21 heavy (non-hydrogen) atoms. The minimum Gasteiger partial charge on any atom is -0.452 e. The number of aryl methyl sites for hydroxylation is 1. The Kier molecular flexibility index (Phi) is 3.71. The zero-order valence-electron chi connectivity index (χ0n) is 10.9. The molecule has 3 rings (SSSR count). The van der Waals surface area contributed by atoms with Gasteiger partial charge in [0, 0.05) is 19.9 Å². The van der Waals surface area contributed by atoms with E-state index in [-0.39, 0.29) is 11.3 Å². The molecule has 0 N–H and O–H groups in total. The van der Waals surface area contributed by atoms with Crippen LogP contribution in [0.3, 0.4) is 0 Å². The van der Waals surface area contributed by atoms with Crippen molar-refractivity contribution in [3.05, 3.63) is 68.0 Å². The molecule has 0 atom stereocenters. The maximum Gasteiger partial charge on any atom is 0.231 e. The lowest BCUT2D eigenvalue weighted by molar-refractivity contribution is 0.101. The van der Waals surface area contributed by atoms with E-state index in [0.29, 0.717) is 15.6 Å². The monoisotopic (exact) mass is 410 g/mol. The number of carbonyl (C=O) groups is 1. The van der Waals surface area contributed by atoms with Gasteiger partial charge in [0.25, 0.3) is 0 Å². The van der Waals surface area contributed by atoms with Crippen molar-refractivity contribution in [2.24, 2.45) is 0 Å². The zero-order chi connectivity index (χ0) is 15.1. The van der Waals surface area contributed by atoms with Crippen LogP contribution in [0.2, 0.25) is 0 Å². The van der Waals surface area contributed by atoms with Gasteiger partial charge in [0.05, 0.1) is 5.56 Å². The molecule has 0 aliphatic carbocycles. The summed E-state index contributed by atoms with van der Waals surface area (Å²) < 4.78 is 21.0. The molecule has 0 saturated carbocycles. The van der Waals surface area contributed by atoms with Gasteiger partial charge in [-0.25, -0.2) is 4.39 Å². The summed E-state index contributed by atoms with van der Waals surface area (Å²) in [5.41, 5.74) is 1.31. The third-order valence-electron chi connectivity index (χ3n) is 3.28. The second kappa shape index (κ2) is 5.39. The van der Waals surface area contributed by atoms with Gasteiger partial charge in [-0.2, -0.15) is 0 Å². The van der Waals surface area contributed by atoms with E-state index in [1.807, 2.05) is 12.1 Å². The lowest BCUT2D eigenvalue weighted by atomic mass is 10.0. The van der Waals surface area contributed by atoms with E-state index in [1.54, 1.807) is 19.1 Å². The highest BCUT2D eigenvalue weighted by Gasteiger charge is 2.22. The van der Waals surface area contributed by atoms with Gasteiger partial charge in [-0.15, -0.1) is 0 Å². The first kappa shape index (κ1) is 14.5. The van der Waals surface area contributed by atoms with Crippen LogP contribution in [0, 0.1) is 12.7 Å². The molecule has 2 aromatic carbocycles. The standard InChI is InChI=1S/C16H9Br2FO2/c1-8-11-4-2-10(18)7-14(11)21-16(8)15(20)12-5-3-9(17)6-13(12)19/h2-7H,1H3. The molecule has 0 spiro atoms. The predicted molar refractivity (Wildman–Crippen MR) is 86.2 cm³/mol. The number of halogens is 3. The number of hydrogen-bond acceptors (Lipinski definition) is 2. The van der Waals surface area contributed by atoms with Crippen molar-refractivity contribution < 1.29 is 13.6 Å². The third-order valence-corrected chi connectivity index (χ3v) is 4.27.